The fraction of sp³-hybridized carbons (Fsp3) is 0.167. The van der Waals surface area contributed by atoms with E-state index in [0.717, 1.165) is 12.0 Å². The van der Waals surface area contributed by atoms with Crippen molar-refractivity contribution in [2.45, 2.75) is 13.3 Å². The lowest BCUT2D eigenvalue weighted by Gasteiger charge is -2.08. The normalized spacial score (nSPS) is 10.5. The van der Waals surface area contributed by atoms with E-state index in [1.165, 1.54) is 17.2 Å². The number of aromatic amines is 1. The minimum absolute atomic E-state index is 0.176. The van der Waals surface area contributed by atoms with Crippen LogP contribution in [0.3, 0.4) is 0 Å². The number of hydrogen-bond acceptors (Lipinski definition) is 4. The first-order valence-electron chi connectivity index (χ1n) is 7.52. The zero-order valence-electron chi connectivity index (χ0n) is 12.9. The van der Waals surface area contributed by atoms with Crippen LogP contribution in [0.15, 0.2) is 59.7 Å². The third-order valence-electron chi connectivity index (χ3n) is 3.67. The predicted molar refractivity (Wildman–Crippen MR) is 91.5 cm³/mol. The topological polar surface area (TPSA) is 70.7 Å². The first kappa shape index (κ1) is 15.0. The zero-order chi connectivity index (χ0) is 16.1. The highest BCUT2D eigenvalue weighted by molar-refractivity contribution is 5.58. The monoisotopic (exact) mass is 306 g/mol. The molecule has 2 heterocycles. The maximum Gasteiger partial charge on any atom is 0.252 e. The Bertz CT molecular complexity index is 843. The van der Waals surface area contributed by atoms with Gasteiger partial charge in [-0.15, -0.1) is 0 Å². The highest BCUT2D eigenvalue weighted by Crippen LogP contribution is 2.14. The lowest BCUT2D eigenvalue weighted by atomic mass is 10.1. The Morgan fingerprint density at radius 3 is 2.70 bits per heavy atom. The summed E-state index contributed by atoms with van der Waals surface area (Å²) in [7, 11) is 0. The minimum atomic E-state index is -0.176. The molecule has 0 aliphatic carbocycles. The molecule has 0 radical (unpaired) electrons. The molecule has 0 aliphatic rings. The summed E-state index contributed by atoms with van der Waals surface area (Å²) in [6.45, 7) is 2.80. The molecular weight excluding hydrogens is 288 g/mol. The third-order valence-corrected chi connectivity index (χ3v) is 3.67. The second-order valence-corrected chi connectivity index (χ2v) is 5.32. The number of aromatic nitrogens is 3. The summed E-state index contributed by atoms with van der Waals surface area (Å²) >= 11 is 0. The van der Waals surface area contributed by atoms with Crippen molar-refractivity contribution in [1.29, 1.82) is 0 Å². The number of nitrogens with zero attached hydrogens (tertiary/aromatic N) is 2. The van der Waals surface area contributed by atoms with Crippen LogP contribution >= 0.6 is 0 Å². The molecule has 0 aliphatic heterocycles. The van der Waals surface area contributed by atoms with Gasteiger partial charge in [0.15, 0.2) is 0 Å². The van der Waals surface area contributed by atoms with Crippen molar-refractivity contribution < 1.29 is 0 Å². The van der Waals surface area contributed by atoms with Crippen molar-refractivity contribution >= 4 is 5.95 Å². The van der Waals surface area contributed by atoms with Crippen LogP contribution in [0, 0.1) is 6.92 Å². The van der Waals surface area contributed by atoms with Crippen LogP contribution < -0.4 is 10.9 Å². The van der Waals surface area contributed by atoms with Gasteiger partial charge in [0.1, 0.15) is 0 Å². The van der Waals surface area contributed by atoms with Crippen LogP contribution in [-0.4, -0.2) is 21.5 Å². The highest BCUT2D eigenvalue weighted by atomic mass is 16.1. The van der Waals surface area contributed by atoms with Gasteiger partial charge in [0.25, 0.3) is 5.56 Å². The van der Waals surface area contributed by atoms with E-state index in [2.05, 4.69) is 39.3 Å². The van der Waals surface area contributed by atoms with Gasteiger partial charge in [0.2, 0.25) is 5.95 Å². The molecule has 5 nitrogen and oxygen atoms in total. The van der Waals surface area contributed by atoms with Crippen molar-refractivity contribution in [3.8, 4) is 11.3 Å². The van der Waals surface area contributed by atoms with E-state index < -0.39 is 0 Å². The lowest BCUT2D eigenvalue weighted by Crippen LogP contribution is -2.14. The molecule has 3 aromatic rings. The van der Waals surface area contributed by atoms with E-state index in [0.29, 0.717) is 18.2 Å². The third kappa shape index (κ3) is 3.83. The van der Waals surface area contributed by atoms with Crippen LogP contribution in [0.2, 0.25) is 0 Å². The number of aryl methyl sites for hydroxylation is 1. The first-order valence-corrected chi connectivity index (χ1v) is 7.52. The van der Waals surface area contributed by atoms with Gasteiger partial charge in [0, 0.05) is 30.6 Å². The van der Waals surface area contributed by atoms with Crippen molar-refractivity contribution in [3.63, 3.8) is 0 Å². The maximum atomic E-state index is 11.8. The van der Waals surface area contributed by atoms with Crippen LogP contribution in [0.4, 0.5) is 5.95 Å². The van der Waals surface area contributed by atoms with Crippen molar-refractivity contribution in [2.24, 2.45) is 0 Å². The van der Waals surface area contributed by atoms with E-state index in [9.17, 15) is 4.79 Å². The lowest BCUT2D eigenvalue weighted by molar-refractivity contribution is 0.969. The maximum absolute atomic E-state index is 11.8. The summed E-state index contributed by atoms with van der Waals surface area (Å²) in [5, 5.41) is 3.19. The summed E-state index contributed by atoms with van der Waals surface area (Å²) in [6, 6.07) is 13.4. The number of H-pyrrole nitrogens is 1. The number of nitrogens with one attached hydrogen (secondary N) is 2. The number of hydrogen-bond donors (Lipinski definition) is 2. The Balaban J connectivity index is 1.72. The molecular formula is C18H18N4O. The molecule has 0 fully saturated rings. The summed E-state index contributed by atoms with van der Waals surface area (Å²) in [4.78, 5) is 23.0. The van der Waals surface area contributed by atoms with E-state index in [-0.39, 0.29) is 5.56 Å². The molecule has 23 heavy (non-hydrogen) atoms. The zero-order valence-corrected chi connectivity index (χ0v) is 12.9. The van der Waals surface area contributed by atoms with Crippen LogP contribution in [0.5, 0.6) is 0 Å². The molecule has 3 rings (SSSR count). The molecule has 116 valence electrons. The molecule has 2 aromatic heterocycles. The van der Waals surface area contributed by atoms with Gasteiger partial charge in [-0.1, -0.05) is 24.3 Å². The van der Waals surface area contributed by atoms with Gasteiger partial charge in [-0.05, 0) is 36.6 Å². The Morgan fingerprint density at radius 2 is 1.91 bits per heavy atom. The largest absolute Gasteiger partial charge is 0.355 e. The molecule has 0 unspecified atom stereocenters. The number of pyridine rings is 1. The van der Waals surface area contributed by atoms with Gasteiger partial charge in [0.05, 0.1) is 5.69 Å². The van der Waals surface area contributed by atoms with Gasteiger partial charge in [-0.25, -0.2) is 4.98 Å². The van der Waals surface area contributed by atoms with Crippen molar-refractivity contribution in [1.82, 2.24) is 15.0 Å². The number of benzene rings is 1. The second kappa shape index (κ2) is 6.87. The predicted octanol–water partition coefficient (Wildman–Crippen LogP) is 2.79. The van der Waals surface area contributed by atoms with Gasteiger partial charge < -0.3 is 5.32 Å². The molecule has 0 atom stereocenters. The van der Waals surface area contributed by atoms with Crippen LogP contribution in [0.1, 0.15) is 11.1 Å². The fourth-order valence-corrected chi connectivity index (χ4v) is 2.42. The van der Waals surface area contributed by atoms with Gasteiger partial charge in [-0.2, -0.15) is 0 Å². The summed E-state index contributed by atoms with van der Waals surface area (Å²) in [6.07, 6.45) is 4.24. The number of rotatable bonds is 5. The SMILES string of the molecule is Cc1ccccc1CCNc1nc(-c2ccncc2)cc(=O)[nH]1. The average molecular weight is 306 g/mol. The molecule has 2 N–H and O–H groups in total. The van der Waals surface area contributed by atoms with E-state index in [4.69, 9.17) is 0 Å². The smallest absolute Gasteiger partial charge is 0.252 e. The first-order chi connectivity index (χ1) is 11.2. The van der Waals surface area contributed by atoms with E-state index in [1.807, 2.05) is 24.3 Å². The molecule has 0 amide bonds. The molecule has 1 aromatic carbocycles. The Hall–Kier alpha value is -2.95. The quantitative estimate of drug-likeness (QED) is 0.760. The van der Waals surface area contributed by atoms with Crippen molar-refractivity contribution in [3.05, 3.63) is 76.3 Å². The Kier molecular flexibility index (Phi) is 4.47. The van der Waals surface area contributed by atoms with E-state index >= 15 is 0 Å². The standard InChI is InChI=1S/C18H18N4O/c1-13-4-2-3-5-14(13)8-11-20-18-21-16(12-17(23)22-18)15-6-9-19-10-7-15/h2-7,9-10,12H,8,11H2,1H3,(H2,20,21,22,23). The summed E-state index contributed by atoms with van der Waals surface area (Å²) in [5.41, 5.74) is 3.88. The second-order valence-electron chi connectivity index (χ2n) is 5.32. The average Bonchev–Trinajstić information content (AvgIpc) is 2.57. The van der Waals surface area contributed by atoms with Crippen LogP contribution in [-0.2, 0) is 6.42 Å². The molecule has 0 saturated heterocycles. The Morgan fingerprint density at radius 1 is 1.13 bits per heavy atom. The summed E-state index contributed by atoms with van der Waals surface area (Å²) in [5.74, 6) is 0.484. The summed E-state index contributed by atoms with van der Waals surface area (Å²) < 4.78 is 0. The number of anilines is 1. The van der Waals surface area contributed by atoms with E-state index in [1.54, 1.807) is 12.4 Å². The highest BCUT2D eigenvalue weighted by Gasteiger charge is 2.04. The van der Waals surface area contributed by atoms with Crippen LogP contribution in [0.25, 0.3) is 11.3 Å². The molecule has 5 heteroatoms. The van der Waals surface area contributed by atoms with Gasteiger partial charge >= 0.3 is 0 Å². The molecule has 0 bridgehead atoms. The minimum Gasteiger partial charge on any atom is -0.355 e. The fourth-order valence-electron chi connectivity index (χ4n) is 2.42. The molecule has 0 saturated carbocycles. The van der Waals surface area contributed by atoms with Gasteiger partial charge in [-0.3, -0.25) is 14.8 Å². The molecule has 0 spiro atoms. The van der Waals surface area contributed by atoms with Crippen molar-refractivity contribution in [2.75, 3.05) is 11.9 Å². The Labute approximate surface area is 134 Å².